The van der Waals surface area contributed by atoms with E-state index in [4.69, 9.17) is 0 Å². The number of anilines is 6. The SMILES string of the molecule is CC(C)(C)c1ccc2c(c1)C1(C)CCCCC1(C)N2c1cc2c3c(c1)N(c1ccc4c(c1)C(C)(C)CCC4(C)C)C1=C(B3C3=C(c4cc5c(cc4C3(C)C)C(C)(C)CCC5(C)C)N2c2ccc3c(c2)C(C)(C)CCC3(C)C)C(C)(C)c2cc3c(cc21)C(C)(C)CCC3(C)C. The lowest BCUT2D eigenvalue weighted by molar-refractivity contribution is 0.195. The van der Waals surface area contributed by atoms with Gasteiger partial charge in [0, 0.05) is 72.9 Å². The first-order valence-corrected chi connectivity index (χ1v) is 37.3. The van der Waals surface area contributed by atoms with Crippen LogP contribution >= 0.6 is 0 Å². The first kappa shape index (κ1) is 63.0. The number of nitrogens with zero attached hydrogens (tertiary/aromatic N) is 3. The molecule has 2 unspecified atom stereocenters. The zero-order chi connectivity index (χ0) is 67.3. The monoisotopic (exact) mass is 1250 g/mol. The molecule has 6 aromatic rings. The fourth-order valence-electron chi connectivity index (χ4n) is 22.0. The summed E-state index contributed by atoms with van der Waals surface area (Å²) >= 11 is 0. The topological polar surface area (TPSA) is 9.72 Å². The molecule has 3 aliphatic heterocycles. The van der Waals surface area contributed by atoms with Crippen LogP contribution in [0, 0.1) is 0 Å². The minimum atomic E-state index is -0.338. The zero-order valence-electron chi connectivity index (χ0n) is 63.1. The van der Waals surface area contributed by atoms with Crippen molar-refractivity contribution in [3.8, 4) is 0 Å². The predicted molar refractivity (Wildman–Crippen MR) is 404 cm³/mol. The second-order valence-electron chi connectivity index (χ2n) is 40.3. The molecule has 16 rings (SSSR count). The third-order valence-corrected chi connectivity index (χ3v) is 29.0. The minimum absolute atomic E-state index is 0.0116. The van der Waals surface area contributed by atoms with Crippen LogP contribution in [0.5, 0.6) is 0 Å². The van der Waals surface area contributed by atoms with Crippen LogP contribution in [0.3, 0.4) is 0 Å². The molecule has 94 heavy (non-hydrogen) atoms. The summed E-state index contributed by atoms with van der Waals surface area (Å²) in [7, 11) is 0. The van der Waals surface area contributed by atoms with Crippen molar-refractivity contribution in [1.82, 2.24) is 0 Å². The van der Waals surface area contributed by atoms with E-state index in [0.29, 0.717) is 0 Å². The molecule has 0 aromatic heterocycles. The average molecular weight is 1250 g/mol. The van der Waals surface area contributed by atoms with E-state index < -0.39 is 0 Å². The maximum absolute atomic E-state index is 2.95. The fraction of sp³-hybridized carbons (Fsp3) is 0.556. The zero-order valence-corrected chi connectivity index (χ0v) is 63.1. The van der Waals surface area contributed by atoms with Crippen LogP contribution < -0.4 is 20.2 Å². The molecule has 492 valence electrons. The molecule has 4 heteroatoms. The standard InChI is InChI=1S/C90H114BN3/c1-78(2,3)53-28-33-70-69(44-53)89(24)34-26-27-35-90(89,25)94(70)56-47-71-73-72(48-56)93(55-30-32-60-64(46-55)82(10,11)39-37-80(60,6)7)75-58-50-66-68(86(18,19)43-41-84(66,14)15)52-62(58)88(22,23)77(75)91(73)76-74(92(71)54-29-31-59-63(45-54)81(8,9)38-36-79(59,4)5)57-49-65-67(51-61(57)87(76,20)21)85(16,17)42-40-83(65,12)13/h28-33,44-52H,26-27,34-43H2,1-25H3. The lowest BCUT2D eigenvalue weighted by Crippen LogP contribution is -2.56. The van der Waals surface area contributed by atoms with Gasteiger partial charge in [0.25, 0.3) is 0 Å². The molecular formula is C90H114BN3. The van der Waals surface area contributed by atoms with Gasteiger partial charge in [0.15, 0.2) is 0 Å². The van der Waals surface area contributed by atoms with E-state index in [2.05, 4.69) is 279 Å². The van der Waals surface area contributed by atoms with Crippen LogP contribution in [-0.2, 0) is 65.0 Å². The lowest BCUT2D eigenvalue weighted by atomic mass is 9.27. The number of hydrogen-bond acceptors (Lipinski definition) is 3. The summed E-state index contributed by atoms with van der Waals surface area (Å²) in [6.45, 7) is 63.8. The minimum Gasteiger partial charge on any atom is -0.334 e. The molecule has 10 aliphatic rings. The summed E-state index contributed by atoms with van der Waals surface area (Å²) in [6, 6.07) is 40.2. The summed E-state index contributed by atoms with van der Waals surface area (Å²) in [4.78, 5) is 8.80. The Morgan fingerprint density at radius 2 is 0.681 bits per heavy atom. The lowest BCUT2D eigenvalue weighted by Gasteiger charge is -2.52. The van der Waals surface area contributed by atoms with Crippen LogP contribution in [-0.4, -0.2) is 12.3 Å². The van der Waals surface area contributed by atoms with Gasteiger partial charge in [0.1, 0.15) is 0 Å². The van der Waals surface area contributed by atoms with E-state index >= 15 is 0 Å². The van der Waals surface area contributed by atoms with Gasteiger partial charge in [-0.1, -0.05) is 226 Å². The summed E-state index contributed by atoms with van der Waals surface area (Å²) in [5.74, 6) is 0. The molecule has 0 N–H and O–H groups in total. The van der Waals surface area contributed by atoms with Gasteiger partial charge in [0.05, 0.1) is 5.54 Å². The summed E-state index contributed by atoms with van der Waals surface area (Å²) in [5.41, 5.74) is 36.2. The van der Waals surface area contributed by atoms with Gasteiger partial charge in [-0.3, -0.25) is 0 Å². The van der Waals surface area contributed by atoms with E-state index in [0.717, 1.165) is 6.42 Å². The highest BCUT2D eigenvalue weighted by molar-refractivity contribution is 6.92. The average Bonchev–Trinajstić information content (AvgIpc) is 1.44. The van der Waals surface area contributed by atoms with Crippen LogP contribution in [0.2, 0.25) is 0 Å². The Balaban J connectivity index is 1.10. The Hall–Kier alpha value is -5.74. The normalized spacial score (nSPS) is 27.0. The van der Waals surface area contributed by atoms with Crippen molar-refractivity contribution in [2.24, 2.45) is 0 Å². The molecule has 3 heterocycles. The molecule has 0 amide bonds. The second kappa shape index (κ2) is 18.7. The first-order valence-electron chi connectivity index (χ1n) is 37.3. The summed E-state index contributed by atoms with van der Waals surface area (Å²) in [6.07, 6.45) is 14.2. The van der Waals surface area contributed by atoms with Crippen molar-refractivity contribution in [1.29, 1.82) is 0 Å². The molecule has 1 fully saturated rings. The van der Waals surface area contributed by atoms with Gasteiger partial charge in [-0.05, 0) is 247 Å². The molecule has 2 atom stereocenters. The van der Waals surface area contributed by atoms with Crippen molar-refractivity contribution < 1.29 is 0 Å². The number of fused-ring (bicyclic) bond motifs is 13. The summed E-state index contributed by atoms with van der Waals surface area (Å²) in [5, 5.41) is 0. The molecular weight excluding hydrogens is 1130 g/mol. The van der Waals surface area contributed by atoms with E-state index in [1.165, 1.54) is 177 Å². The Morgan fingerprint density at radius 1 is 0.319 bits per heavy atom. The summed E-state index contributed by atoms with van der Waals surface area (Å²) < 4.78 is 0. The molecule has 0 bridgehead atoms. The Morgan fingerprint density at radius 3 is 1.07 bits per heavy atom. The number of allylic oxidation sites excluding steroid dienone is 2. The largest absolute Gasteiger partial charge is 0.334 e. The first-order chi connectivity index (χ1) is 43.4. The highest BCUT2D eigenvalue weighted by Gasteiger charge is 2.62. The van der Waals surface area contributed by atoms with Crippen LogP contribution in [0.25, 0.3) is 11.4 Å². The number of rotatable bonds is 3. The van der Waals surface area contributed by atoms with Crippen molar-refractivity contribution in [3.63, 3.8) is 0 Å². The van der Waals surface area contributed by atoms with E-state index in [-0.39, 0.29) is 77.2 Å². The maximum atomic E-state index is 2.95. The third kappa shape index (κ3) is 8.16. The molecule has 7 aliphatic carbocycles. The molecule has 3 nitrogen and oxygen atoms in total. The molecule has 0 spiro atoms. The molecule has 1 saturated carbocycles. The van der Waals surface area contributed by atoms with E-state index in [1.54, 1.807) is 33.2 Å². The van der Waals surface area contributed by atoms with Crippen molar-refractivity contribution in [2.45, 2.75) is 321 Å². The predicted octanol–water partition coefficient (Wildman–Crippen LogP) is 23.6. The third-order valence-electron chi connectivity index (χ3n) is 29.0. The Kier molecular flexibility index (Phi) is 12.6. The van der Waals surface area contributed by atoms with Gasteiger partial charge in [0.2, 0.25) is 6.71 Å². The van der Waals surface area contributed by atoms with E-state index in [9.17, 15) is 0 Å². The number of hydrogen-bond donors (Lipinski definition) is 0. The fourth-order valence-corrected chi connectivity index (χ4v) is 22.0. The Bertz CT molecular complexity index is 4200. The van der Waals surface area contributed by atoms with Crippen molar-refractivity contribution in [3.05, 3.63) is 180 Å². The van der Waals surface area contributed by atoms with Crippen molar-refractivity contribution >= 4 is 57.7 Å². The van der Waals surface area contributed by atoms with Gasteiger partial charge < -0.3 is 14.7 Å². The highest BCUT2D eigenvalue weighted by Crippen LogP contribution is 2.68. The Labute approximate surface area is 569 Å². The van der Waals surface area contributed by atoms with Crippen LogP contribution in [0.4, 0.5) is 34.1 Å². The second-order valence-corrected chi connectivity index (χ2v) is 40.3. The maximum Gasteiger partial charge on any atom is 0.245 e. The van der Waals surface area contributed by atoms with Crippen molar-refractivity contribution in [2.75, 3.05) is 14.7 Å². The highest BCUT2D eigenvalue weighted by atomic mass is 15.3. The van der Waals surface area contributed by atoms with Gasteiger partial charge in [-0.15, -0.1) is 0 Å². The molecule has 6 aromatic carbocycles. The molecule has 0 radical (unpaired) electrons. The quantitative estimate of drug-likeness (QED) is 0.164. The number of benzene rings is 6. The van der Waals surface area contributed by atoms with Crippen LogP contribution in [0.1, 0.15) is 328 Å². The smallest absolute Gasteiger partial charge is 0.245 e. The van der Waals surface area contributed by atoms with Crippen LogP contribution in [0.15, 0.2) is 102 Å². The molecule has 0 saturated heterocycles. The van der Waals surface area contributed by atoms with Gasteiger partial charge in [-0.25, -0.2) is 0 Å². The van der Waals surface area contributed by atoms with Gasteiger partial charge in [-0.2, -0.15) is 0 Å². The van der Waals surface area contributed by atoms with Gasteiger partial charge >= 0.3 is 0 Å². The van der Waals surface area contributed by atoms with E-state index in [1.807, 2.05) is 0 Å².